The van der Waals surface area contributed by atoms with Gasteiger partial charge in [-0.1, -0.05) is 166 Å². The van der Waals surface area contributed by atoms with Crippen LogP contribution in [0.25, 0.3) is 88.8 Å². The number of hydrogen-bond donors (Lipinski definition) is 0. The lowest BCUT2D eigenvalue weighted by atomic mass is 9.81. The number of nitrogens with zero attached hydrogens (tertiary/aromatic N) is 2. The molecule has 1 heterocycles. The normalized spacial score (nSPS) is 12.9. The Morgan fingerprint density at radius 1 is 0.358 bits per heavy atom. The SMILES string of the molecule is CC1(C)c2cc3ccccc3cc2-c2c(-c3cccc(-c4ccc(-c5nc(-c6ccccc6)cc(-c6ccccc6)n5)c5ccccc45)c3)cccc21. The second-order valence-corrected chi connectivity index (χ2v) is 14.6. The second-order valence-electron chi connectivity index (χ2n) is 14.6. The molecule has 1 aromatic heterocycles. The Bertz CT molecular complexity index is 2790. The molecule has 0 saturated carbocycles. The first-order chi connectivity index (χ1) is 26.0. The Morgan fingerprint density at radius 3 is 1.57 bits per heavy atom. The average Bonchev–Trinajstić information content (AvgIpc) is 3.45. The van der Waals surface area contributed by atoms with Gasteiger partial charge in [0.05, 0.1) is 11.4 Å². The molecule has 9 aromatic rings. The van der Waals surface area contributed by atoms with Crippen molar-refractivity contribution in [1.29, 1.82) is 0 Å². The zero-order valence-corrected chi connectivity index (χ0v) is 29.7. The number of fused-ring (bicyclic) bond motifs is 5. The van der Waals surface area contributed by atoms with E-state index in [1.807, 2.05) is 12.1 Å². The molecule has 2 heteroatoms. The van der Waals surface area contributed by atoms with Crippen molar-refractivity contribution in [1.82, 2.24) is 9.97 Å². The molecular weight excluding hydrogens is 641 g/mol. The zero-order chi connectivity index (χ0) is 35.5. The highest BCUT2D eigenvalue weighted by molar-refractivity contribution is 6.05. The highest BCUT2D eigenvalue weighted by Gasteiger charge is 2.37. The fourth-order valence-corrected chi connectivity index (χ4v) is 8.39. The predicted molar refractivity (Wildman–Crippen MR) is 222 cm³/mol. The third-order valence-electron chi connectivity index (χ3n) is 11.1. The van der Waals surface area contributed by atoms with Crippen LogP contribution in [0, 0.1) is 0 Å². The van der Waals surface area contributed by atoms with Crippen LogP contribution in [0.1, 0.15) is 25.0 Å². The lowest BCUT2D eigenvalue weighted by molar-refractivity contribution is 0.661. The molecule has 1 aliphatic carbocycles. The minimum absolute atomic E-state index is 0.0887. The van der Waals surface area contributed by atoms with Crippen molar-refractivity contribution in [2.45, 2.75) is 19.3 Å². The average molecular weight is 677 g/mol. The van der Waals surface area contributed by atoms with Crippen LogP contribution in [-0.2, 0) is 5.41 Å². The van der Waals surface area contributed by atoms with Crippen molar-refractivity contribution in [2.75, 3.05) is 0 Å². The maximum absolute atomic E-state index is 5.18. The molecule has 0 saturated heterocycles. The molecule has 250 valence electrons. The van der Waals surface area contributed by atoms with E-state index in [-0.39, 0.29) is 5.41 Å². The summed E-state index contributed by atoms with van der Waals surface area (Å²) in [5, 5.41) is 4.87. The van der Waals surface area contributed by atoms with Crippen LogP contribution < -0.4 is 0 Å². The van der Waals surface area contributed by atoms with E-state index >= 15 is 0 Å². The van der Waals surface area contributed by atoms with Crippen molar-refractivity contribution in [3.05, 3.63) is 193 Å². The van der Waals surface area contributed by atoms with Gasteiger partial charge < -0.3 is 0 Å². The first kappa shape index (κ1) is 31.1. The van der Waals surface area contributed by atoms with Gasteiger partial charge in [0.15, 0.2) is 5.82 Å². The summed E-state index contributed by atoms with van der Waals surface area (Å²) in [7, 11) is 0. The maximum atomic E-state index is 5.18. The van der Waals surface area contributed by atoms with Gasteiger partial charge in [-0.05, 0) is 96.4 Å². The summed E-state index contributed by atoms with van der Waals surface area (Å²) >= 11 is 0. The van der Waals surface area contributed by atoms with Crippen LogP contribution in [0.5, 0.6) is 0 Å². The Labute approximate surface area is 310 Å². The maximum Gasteiger partial charge on any atom is 0.161 e. The second kappa shape index (κ2) is 12.3. The summed E-state index contributed by atoms with van der Waals surface area (Å²) < 4.78 is 0. The predicted octanol–water partition coefficient (Wildman–Crippen LogP) is 13.4. The van der Waals surface area contributed by atoms with E-state index < -0.39 is 0 Å². The van der Waals surface area contributed by atoms with Gasteiger partial charge in [0, 0.05) is 22.1 Å². The van der Waals surface area contributed by atoms with E-state index in [1.165, 1.54) is 60.7 Å². The largest absolute Gasteiger partial charge is 0.228 e. The minimum atomic E-state index is -0.0887. The highest BCUT2D eigenvalue weighted by Crippen LogP contribution is 2.53. The fourth-order valence-electron chi connectivity index (χ4n) is 8.39. The van der Waals surface area contributed by atoms with Gasteiger partial charge >= 0.3 is 0 Å². The van der Waals surface area contributed by atoms with Gasteiger partial charge in [-0.2, -0.15) is 0 Å². The van der Waals surface area contributed by atoms with Gasteiger partial charge in [-0.25, -0.2) is 9.97 Å². The molecule has 8 aromatic carbocycles. The van der Waals surface area contributed by atoms with E-state index in [0.717, 1.165) is 39.3 Å². The van der Waals surface area contributed by atoms with Crippen molar-refractivity contribution < 1.29 is 0 Å². The Kier molecular flexibility index (Phi) is 7.19. The number of rotatable bonds is 5. The monoisotopic (exact) mass is 676 g/mol. The molecule has 0 bridgehead atoms. The molecular formula is C51H36N2. The third kappa shape index (κ3) is 5.18. The molecule has 0 aliphatic heterocycles. The molecule has 53 heavy (non-hydrogen) atoms. The number of aromatic nitrogens is 2. The van der Waals surface area contributed by atoms with Crippen LogP contribution in [0.4, 0.5) is 0 Å². The summed E-state index contributed by atoms with van der Waals surface area (Å²) in [5.74, 6) is 0.718. The highest BCUT2D eigenvalue weighted by atomic mass is 14.9. The van der Waals surface area contributed by atoms with Crippen molar-refractivity contribution in [3.63, 3.8) is 0 Å². The van der Waals surface area contributed by atoms with Crippen LogP contribution in [0.2, 0.25) is 0 Å². The lowest BCUT2D eigenvalue weighted by Crippen LogP contribution is -2.14. The van der Waals surface area contributed by atoms with Crippen molar-refractivity contribution in [3.8, 4) is 67.3 Å². The van der Waals surface area contributed by atoms with E-state index in [4.69, 9.17) is 9.97 Å². The smallest absolute Gasteiger partial charge is 0.161 e. The van der Waals surface area contributed by atoms with Crippen LogP contribution in [0.3, 0.4) is 0 Å². The molecule has 0 atom stereocenters. The molecule has 0 amide bonds. The minimum Gasteiger partial charge on any atom is -0.228 e. The standard InChI is InChI=1S/C51H36N2/c1-51(2)45-26-14-25-40(49(45)44-30-35-19-9-10-20-36(35)31-46(44)51)38-22-13-21-37(29-38)39-27-28-43(42-24-12-11-23-41(39)42)50-52-47(33-15-5-3-6-16-33)32-48(53-50)34-17-7-4-8-18-34/h3-32H,1-2H3. The summed E-state index contributed by atoms with van der Waals surface area (Å²) in [6, 6.07) is 65.4. The lowest BCUT2D eigenvalue weighted by Gasteiger charge is -2.22. The van der Waals surface area contributed by atoms with E-state index in [0.29, 0.717) is 0 Å². The quantitative estimate of drug-likeness (QED) is 0.181. The van der Waals surface area contributed by atoms with Gasteiger partial charge in [0.2, 0.25) is 0 Å². The molecule has 10 rings (SSSR count). The third-order valence-corrected chi connectivity index (χ3v) is 11.1. The van der Waals surface area contributed by atoms with E-state index in [9.17, 15) is 0 Å². The van der Waals surface area contributed by atoms with Crippen LogP contribution in [-0.4, -0.2) is 9.97 Å². The van der Waals surface area contributed by atoms with Gasteiger partial charge in [-0.3, -0.25) is 0 Å². The van der Waals surface area contributed by atoms with Crippen LogP contribution >= 0.6 is 0 Å². The summed E-state index contributed by atoms with van der Waals surface area (Å²) in [6.07, 6.45) is 0. The Hall–Kier alpha value is -6.64. The molecule has 0 radical (unpaired) electrons. The molecule has 2 nitrogen and oxygen atoms in total. The van der Waals surface area contributed by atoms with E-state index in [2.05, 4.69) is 184 Å². The summed E-state index contributed by atoms with van der Waals surface area (Å²) in [5.41, 5.74) is 15.2. The van der Waals surface area contributed by atoms with Gasteiger partial charge in [0.1, 0.15) is 0 Å². The first-order valence-electron chi connectivity index (χ1n) is 18.3. The van der Waals surface area contributed by atoms with Crippen molar-refractivity contribution >= 4 is 21.5 Å². The Balaban J connectivity index is 1.12. The molecule has 0 unspecified atom stereocenters. The molecule has 0 N–H and O–H groups in total. The summed E-state index contributed by atoms with van der Waals surface area (Å²) in [4.78, 5) is 10.4. The van der Waals surface area contributed by atoms with Crippen LogP contribution in [0.15, 0.2) is 182 Å². The zero-order valence-electron chi connectivity index (χ0n) is 29.7. The van der Waals surface area contributed by atoms with Crippen molar-refractivity contribution in [2.24, 2.45) is 0 Å². The first-order valence-corrected chi connectivity index (χ1v) is 18.3. The Morgan fingerprint density at radius 2 is 0.887 bits per heavy atom. The molecule has 0 fully saturated rings. The summed E-state index contributed by atoms with van der Waals surface area (Å²) in [6.45, 7) is 4.73. The number of hydrogen-bond acceptors (Lipinski definition) is 2. The molecule has 1 aliphatic rings. The van der Waals surface area contributed by atoms with Gasteiger partial charge in [0.25, 0.3) is 0 Å². The van der Waals surface area contributed by atoms with Gasteiger partial charge in [-0.15, -0.1) is 0 Å². The molecule has 0 spiro atoms. The van der Waals surface area contributed by atoms with E-state index in [1.54, 1.807) is 0 Å². The number of benzene rings is 8. The fraction of sp³-hybridized carbons (Fsp3) is 0.0588. The topological polar surface area (TPSA) is 25.8 Å².